The molecule has 0 aromatic carbocycles. The van der Waals surface area contributed by atoms with Crippen molar-refractivity contribution in [2.45, 2.75) is 6.42 Å². The highest BCUT2D eigenvalue weighted by molar-refractivity contribution is 8.43. The molecular formula is C5H16O2S2Si. The Hall–Kier alpha value is 0.837. The molecule has 10 heavy (non-hydrogen) atoms. The Bertz CT molecular complexity index is 87.7. The second kappa shape index (κ2) is 5.48. The van der Waals surface area contributed by atoms with Crippen LogP contribution in [-0.2, 0) is 8.37 Å². The van der Waals surface area contributed by atoms with Gasteiger partial charge in [-0.25, -0.2) is 10.0 Å². The second-order valence-electron chi connectivity index (χ2n) is 2.04. The van der Waals surface area contributed by atoms with E-state index in [1.165, 1.54) is 0 Å². The van der Waals surface area contributed by atoms with Gasteiger partial charge in [0.1, 0.15) is 9.39 Å². The smallest absolute Gasteiger partial charge is 0.134 e. The van der Waals surface area contributed by atoms with E-state index in [2.05, 4.69) is 12.6 Å². The molecule has 0 amide bonds. The molecule has 2 nitrogen and oxygen atoms in total. The topological polar surface area (TPSA) is 18.5 Å². The molecule has 0 rings (SSSR count). The summed E-state index contributed by atoms with van der Waals surface area (Å²) < 4.78 is 10.6. The van der Waals surface area contributed by atoms with E-state index in [1.54, 1.807) is 14.2 Å². The first kappa shape index (κ1) is 10.8. The molecule has 0 aromatic rings. The van der Waals surface area contributed by atoms with Crippen LogP contribution in [0.5, 0.6) is 0 Å². The van der Waals surface area contributed by atoms with Crippen LogP contribution in [0.3, 0.4) is 0 Å². The fourth-order valence-corrected chi connectivity index (χ4v) is 2.94. The van der Waals surface area contributed by atoms with Gasteiger partial charge in [0.15, 0.2) is 0 Å². The molecule has 0 heterocycles. The first-order valence-corrected chi connectivity index (χ1v) is 8.31. The highest BCUT2D eigenvalue weighted by Gasteiger charge is 2.08. The standard InChI is InChI=1S/C5H16O2S2Si/c1-6-9(10,7-2)5-3-4-8/h8H,3-5H2,1-2,10H3. The van der Waals surface area contributed by atoms with Crippen LogP contribution in [0.4, 0.5) is 0 Å². The Morgan fingerprint density at radius 2 is 1.90 bits per heavy atom. The number of hydrogen-bond donors (Lipinski definition) is 1. The SMILES string of the molecule is COS([SiH3])(CCCS)OC. The van der Waals surface area contributed by atoms with E-state index in [1.807, 2.05) is 0 Å². The normalized spacial score (nSPS) is 13.9. The van der Waals surface area contributed by atoms with E-state index >= 15 is 0 Å². The molecule has 0 saturated carbocycles. The van der Waals surface area contributed by atoms with E-state index in [9.17, 15) is 0 Å². The van der Waals surface area contributed by atoms with Crippen LogP contribution in [0.15, 0.2) is 0 Å². The van der Waals surface area contributed by atoms with Crippen molar-refractivity contribution in [2.24, 2.45) is 0 Å². The van der Waals surface area contributed by atoms with Gasteiger partial charge < -0.3 is 0 Å². The number of thiol groups is 1. The van der Waals surface area contributed by atoms with Crippen LogP contribution >= 0.6 is 22.7 Å². The van der Waals surface area contributed by atoms with Crippen molar-refractivity contribution in [3.8, 4) is 0 Å². The van der Waals surface area contributed by atoms with E-state index in [0.717, 1.165) is 27.3 Å². The fraction of sp³-hybridized carbons (Fsp3) is 1.00. The summed E-state index contributed by atoms with van der Waals surface area (Å²) in [6.07, 6.45) is 1.09. The molecule has 0 atom stereocenters. The minimum Gasteiger partial charge on any atom is -0.296 e. The van der Waals surface area contributed by atoms with Gasteiger partial charge in [-0.3, -0.25) is 8.37 Å². The van der Waals surface area contributed by atoms with Gasteiger partial charge in [-0.2, -0.15) is 12.6 Å². The van der Waals surface area contributed by atoms with Gasteiger partial charge in [0.05, 0.1) is 14.2 Å². The quantitative estimate of drug-likeness (QED) is 0.515. The van der Waals surface area contributed by atoms with Crippen LogP contribution in [0.1, 0.15) is 6.42 Å². The monoisotopic (exact) mass is 200 g/mol. The molecule has 0 aliphatic rings. The van der Waals surface area contributed by atoms with Gasteiger partial charge in [0, 0.05) is 5.75 Å². The molecule has 0 aromatic heterocycles. The van der Waals surface area contributed by atoms with Crippen molar-refractivity contribution in [1.82, 2.24) is 0 Å². The van der Waals surface area contributed by atoms with Crippen molar-refractivity contribution in [3.05, 3.63) is 0 Å². The average molecular weight is 200 g/mol. The Morgan fingerprint density at radius 1 is 1.40 bits per heavy atom. The third-order valence-corrected chi connectivity index (χ3v) is 7.36. The minimum absolute atomic E-state index is 0.920. The summed E-state index contributed by atoms with van der Waals surface area (Å²) in [6.45, 7) is 0. The first-order valence-electron chi connectivity index (χ1n) is 3.16. The van der Waals surface area contributed by atoms with Crippen molar-refractivity contribution in [2.75, 3.05) is 25.7 Å². The van der Waals surface area contributed by atoms with E-state index < -0.39 is 10.0 Å². The van der Waals surface area contributed by atoms with Crippen LogP contribution in [0.25, 0.3) is 0 Å². The maximum atomic E-state index is 5.28. The van der Waals surface area contributed by atoms with Crippen LogP contribution in [-0.4, -0.2) is 35.1 Å². The minimum atomic E-state index is -1.09. The summed E-state index contributed by atoms with van der Waals surface area (Å²) in [7, 11) is 3.35. The molecule has 0 unspecified atom stereocenters. The summed E-state index contributed by atoms with van der Waals surface area (Å²) >= 11 is 4.13. The van der Waals surface area contributed by atoms with Gasteiger partial charge in [-0.1, -0.05) is 0 Å². The largest absolute Gasteiger partial charge is 0.296 e. The number of hydrogen-bond acceptors (Lipinski definition) is 3. The van der Waals surface area contributed by atoms with Crippen LogP contribution in [0, 0.1) is 0 Å². The van der Waals surface area contributed by atoms with Gasteiger partial charge >= 0.3 is 0 Å². The zero-order chi connectivity index (χ0) is 8.04. The second-order valence-corrected chi connectivity index (χ2v) is 9.15. The Labute approximate surface area is 72.9 Å². The predicted molar refractivity (Wildman–Crippen MR) is 54.9 cm³/mol. The molecule has 64 valence electrons. The molecule has 5 heteroatoms. The van der Waals surface area contributed by atoms with E-state index in [-0.39, 0.29) is 0 Å². The molecule has 0 bridgehead atoms. The lowest BCUT2D eigenvalue weighted by atomic mass is 10.6. The average Bonchev–Trinajstić information content (AvgIpc) is 2.00. The van der Waals surface area contributed by atoms with E-state index in [4.69, 9.17) is 8.37 Å². The number of rotatable bonds is 5. The van der Waals surface area contributed by atoms with Crippen molar-refractivity contribution in [3.63, 3.8) is 0 Å². The van der Waals surface area contributed by atoms with Gasteiger partial charge in [0.25, 0.3) is 0 Å². The Morgan fingerprint density at radius 3 is 2.20 bits per heavy atom. The summed E-state index contributed by atoms with van der Waals surface area (Å²) in [5.74, 6) is 1.96. The highest BCUT2D eigenvalue weighted by Crippen LogP contribution is 2.43. The molecule has 0 spiro atoms. The van der Waals surface area contributed by atoms with Crippen LogP contribution in [0.2, 0.25) is 0 Å². The van der Waals surface area contributed by atoms with Crippen molar-refractivity contribution >= 4 is 32.1 Å². The van der Waals surface area contributed by atoms with E-state index in [0.29, 0.717) is 0 Å². The van der Waals surface area contributed by atoms with Crippen LogP contribution < -0.4 is 0 Å². The third kappa shape index (κ3) is 3.87. The Kier molecular flexibility index (Phi) is 5.94. The summed E-state index contributed by atoms with van der Waals surface area (Å²) in [6, 6.07) is 0. The lowest BCUT2D eigenvalue weighted by Gasteiger charge is -2.37. The lowest BCUT2D eigenvalue weighted by molar-refractivity contribution is 0.360. The maximum absolute atomic E-state index is 5.28. The third-order valence-electron chi connectivity index (χ3n) is 1.38. The molecule has 0 aliphatic carbocycles. The van der Waals surface area contributed by atoms with Crippen molar-refractivity contribution in [1.29, 1.82) is 0 Å². The summed E-state index contributed by atoms with van der Waals surface area (Å²) in [5.41, 5.74) is 0. The summed E-state index contributed by atoms with van der Waals surface area (Å²) in [4.78, 5) is 0. The van der Waals surface area contributed by atoms with Gasteiger partial charge in [-0.05, 0) is 12.2 Å². The molecule has 0 radical (unpaired) electrons. The molecule has 0 N–H and O–H groups in total. The molecule has 0 fully saturated rings. The maximum Gasteiger partial charge on any atom is 0.134 e. The van der Waals surface area contributed by atoms with Crippen molar-refractivity contribution < 1.29 is 8.37 Å². The summed E-state index contributed by atoms with van der Waals surface area (Å²) in [5, 5.41) is 0. The predicted octanol–water partition coefficient (Wildman–Crippen LogP) is 0.514. The zero-order valence-corrected chi connectivity index (χ0v) is 10.5. The highest BCUT2D eigenvalue weighted by atomic mass is 32.5. The molecular weight excluding hydrogens is 184 g/mol. The van der Waals surface area contributed by atoms with Gasteiger partial charge in [0.2, 0.25) is 0 Å². The molecule has 0 aliphatic heterocycles. The Balaban J connectivity index is 3.58. The molecule has 0 saturated heterocycles. The fourth-order valence-electron chi connectivity index (χ4n) is 0.561. The zero-order valence-electron chi connectivity index (χ0n) is 6.79. The van der Waals surface area contributed by atoms with Gasteiger partial charge in [-0.15, -0.1) is 0 Å². The first-order chi connectivity index (χ1) is 4.68. The lowest BCUT2D eigenvalue weighted by Crippen LogP contribution is -2.08.